The van der Waals surface area contributed by atoms with Gasteiger partial charge in [0.1, 0.15) is 5.75 Å². The largest absolute Gasteiger partial charge is 0.479 e. The minimum atomic E-state index is -0.756. The molecule has 1 amide bonds. The van der Waals surface area contributed by atoms with Gasteiger partial charge in [-0.1, -0.05) is 31.9 Å². The van der Waals surface area contributed by atoms with Crippen LogP contribution in [0.1, 0.15) is 45.1 Å². The Morgan fingerprint density at radius 1 is 1.29 bits per heavy atom. The van der Waals surface area contributed by atoms with E-state index in [1.807, 2.05) is 25.1 Å². The number of hydrogen-bond acceptors (Lipinski definition) is 4. The van der Waals surface area contributed by atoms with Crippen LogP contribution in [0.5, 0.6) is 5.75 Å². The molecular formula is C19H27NO4. The minimum absolute atomic E-state index is 0.186. The first-order valence-electron chi connectivity index (χ1n) is 8.65. The van der Waals surface area contributed by atoms with E-state index >= 15 is 0 Å². The maximum absolute atomic E-state index is 12.0. The molecule has 0 spiro atoms. The second-order valence-electron chi connectivity index (χ2n) is 6.62. The fourth-order valence-electron chi connectivity index (χ4n) is 2.97. The van der Waals surface area contributed by atoms with E-state index in [0.717, 1.165) is 24.8 Å². The van der Waals surface area contributed by atoms with Crippen molar-refractivity contribution in [3.8, 4) is 5.75 Å². The van der Waals surface area contributed by atoms with Crippen LogP contribution >= 0.6 is 0 Å². The van der Waals surface area contributed by atoms with Gasteiger partial charge < -0.3 is 14.8 Å². The highest BCUT2D eigenvalue weighted by Crippen LogP contribution is 2.23. The third-order valence-corrected chi connectivity index (χ3v) is 4.44. The van der Waals surface area contributed by atoms with Crippen LogP contribution in [-0.2, 0) is 14.3 Å². The average molecular weight is 333 g/mol. The van der Waals surface area contributed by atoms with Crippen LogP contribution in [0.2, 0.25) is 0 Å². The van der Waals surface area contributed by atoms with Gasteiger partial charge in [0.2, 0.25) is 0 Å². The van der Waals surface area contributed by atoms with E-state index < -0.39 is 12.1 Å². The predicted molar refractivity (Wildman–Crippen MR) is 91.8 cm³/mol. The summed E-state index contributed by atoms with van der Waals surface area (Å²) in [6.07, 6.45) is 3.72. The Morgan fingerprint density at radius 2 is 2.04 bits per heavy atom. The number of aryl methyl sites for hydroxylation is 1. The van der Waals surface area contributed by atoms with Gasteiger partial charge in [-0.15, -0.1) is 0 Å². The van der Waals surface area contributed by atoms with Crippen LogP contribution in [0.25, 0.3) is 0 Å². The summed E-state index contributed by atoms with van der Waals surface area (Å²) >= 11 is 0. The fraction of sp³-hybridized carbons (Fsp3) is 0.579. The molecule has 1 N–H and O–H groups in total. The highest BCUT2D eigenvalue weighted by atomic mass is 16.6. The van der Waals surface area contributed by atoms with Crippen LogP contribution < -0.4 is 10.1 Å². The topological polar surface area (TPSA) is 64.6 Å². The molecular weight excluding hydrogens is 306 g/mol. The first-order valence-corrected chi connectivity index (χ1v) is 8.65. The molecule has 5 heteroatoms. The summed E-state index contributed by atoms with van der Waals surface area (Å²) in [4.78, 5) is 23.9. The van der Waals surface area contributed by atoms with Gasteiger partial charge in [-0.05, 0) is 50.3 Å². The molecule has 0 unspecified atom stereocenters. The minimum Gasteiger partial charge on any atom is -0.479 e. The van der Waals surface area contributed by atoms with Crippen LogP contribution in [0.3, 0.4) is 0 Å². The Kier molecular flexibility index (Phi) is 6.64. The molecule has 2 rings (SSSR count). The average Bonchev–Trinajstić information content (AvgIpc) is 2.54. The molecule has 1 aromatic rings. The number of esters is 1. The lowest BCUT2D eigenvalue weighted by Crippen LogP contribution is -2.43. The van der Waals surface area contributed by atoms with Gasteiger partial charge in [-0.25, -0.2) is 4.79 Å². The second-order valence-corrected chi connectivity index (χ2v) is 6.62. The van der Waals surface area contributed by atoms with E-state index in [0.29, 0.717) is 11.7 Å². The van der Waals surface area contributed by atoms with Crippen LogP contribution in [0.4, 0.5) is 0 Å². The molecule has 5 nitrogen and oxygen atoms in total. The first kappa shape index (κ1) is 18.3. The lowest BCUT2D eigenvalue weighted by Gasteiger charge is -2.29. The van der Waals surface area contributed by atoms with Gasteiger partial charge in [0, 0.05) is 6.04 Å². The summed E-state index contributed by atoms with van der Waals surface area (Å²) in [7, 11) is 0. The second kappa shape index (κ2) is 8.71. The standard InChI is InChI=1S/C19H27NO4/c1-13-7-6-9-16(11-13)24-15(3)19(22)23-12-18(21)20-17-10-5-4-8-14(17)2/h6-7,9,11,14-15,17H,4-5,8,10,12H2,1-3H3,(H,20,21)/t14-,15+,17-/m0/s1. The molecule has 0 heterocycles. The summed E-state index contributed by atoms with van der Waals surface area (Å²) in [5.41, 5.74) is 1.05. The molecule has 3 atom stereocenters. The van der Waals surface area contributed by atoms with Crippen molar-refractivity contribution in [2.45, 2.75) is 58.6 Å². The summed E-state index contributed by atoms with van der Waals surface area (Å²) in [5.74, 6) is 0.301. The number of ether oxygens (including phenoxy) is 2. The fourth-order valence-corrected chi connectivity index (χ4v) is 2.97. The molecule has 0 aliphatic heterocycles. The molecule has 132 valence electrons. The molecule has 1 aromatic carbocycles. The number of carbonyl (C=O) groups excluding carboxylic acids is 2. The highest BCUT2D eigenvalue weighted by Gasteiger charge is 2.24. The monoisotopic (exact) mass is 333 g/mol. The van der Waals surface area contributed by atoms with Gasteiger partial charge in [-0.3, -0.25) is 4.79 Å². The maximum Gasteiger partial charge on any atom is 0.347 e. The predicted octanol–water partition coefficient (Wildman–Crippen LogP) is 3.00. The Balaban J connectivity index is 1.74. The Bertz CT molecular complexity index is 572. The molecule has 1 aliphatic carbocycles. The number of carbonyl (C=O) groups is 2. The third kappa shape index (κ3) is 5.55. The van der Waals surface area contributed by atoms with Gasteiger partial charge in [-0.2, -0.15) is 0 Å². The van der Waals surface area contributed by atoms with E-state index in [9.17, 15) is 9.59 Å². The molecule has 1 fully saturated rings. The zero-order valence-corrected chi connectivity index (χ0v) is 14.7. The van der Waals surface area contributed by atoms with E-state index in [1.165, 1.54) is 6.42 Å². The van der Waals surface area contributed by atoms with Crippen molar-refractivity contribution < 1.29 is 19.1 Å². The summed E-state index contributed by atoms with van der Waals surface area (Å²) in [5, 5.41) is 2.96. The molecule has 0 radical (unpaired) electrons. The molecule has 0 bridgehead atoms. The van der Waals surface area contributed by atoms with E-state index in [4.69, 9.17) is 9.47 Å². The first-order chi connectivity index (χ1) is 11.5. The number of hydrogen-bond donors (Lipinski definition) is 1. The zero-order valence-electron chi connectivity index (χ0n) is 14.7. The lowest BCUT2D eigenvalue weighted by atomic mass is 9.86. The van der Waals surface area contributed by atoms with Crippen molar-refractivity contribution in [3.05, 3.63) is 29.8 Å². The van der Waals surface area contributed by atoms with Gasteiger partial charge in [0.05, 0.1) is 0 Å². The van der Waals surface area contributed by atoms with Crippen molar-refractivity contribution in [1.29, 1.82) is 0 Å². The Hall–Kier alpha value is -2.04. The van der Waals surface area contributed by atoms with Crippen molar-refractivity contribution >= 4 is 11.9 Å². The molecule has 24 heavy (non-hydrogen) atoms. The van der Waals surface area contributed by atoms with E-state index in [2.05, 4.69) is 12.2 Å². The van der Waals surface area contributed by atoms with Gasteiger partial charge in [0.15, 0.2) is 12.7 Å². The molecule has 0 saturated heterocycles. The Labute approximate surface area is 143 Å². The molecule has 1 saturated carbocycles. The highest BCUT2D eigenvalue weighted by molar-refractivity contribution is 5.82. The van der Waals surface area contributed by atoms with E-state index in [-0.39, 0.29) is 18.6 Å². The van der Waals surface area contributed by atoms with Crippen molar-refractivity contribution in [1.82, 2.24) is 5.32 Å². The van der Waals surface area contributed by atoms with Crippen LogP contribution in [0.15, 0.2) is 24.3 Å². The van der Waals surface area contributed by atoms with Crippen LogP contribution in [0, 0.1) is 12.8 Å². The van der Waals surface area contributed by atoms with Crippen LogP contribution in [-0.4, -0.2) is 30.6 Å². The van der Waals surface area contributed by atoms with E-state index in [1.54, 1.807) is 13.0 Å². The van der Waals surface area contributed by atoms with Crippen molar-refractivity contribution in [3.63, 3.8) is 0 Å². The van der Waals surface area contributed by atoms with Crippen molar-refractivity contribution in [2.75, 3.05) is 6.61 Å². The number of amides is 1. The Morgan fingerprint density at radius 3 is 2.75 bits per heavy atom. The maximum atomic E-state index is 12.0. The molecule has 1 aliphatic rings. The summed E-state index contributed by atoms with van der Waals surface area (Å²) in [6, 6.07) is 7.63. The van der Waals surface area contributed by atoms with Gasteiger partial charge in [0.25, 0.3) is 5.91 Å². The van der Waals surface area contributed by atoms with Gasteiger partial charge >= 0.3 is 5.97 Å². The summed E-state index contributed by atoms with van der Waals surface area (Å²) < 4.78 is 10.6. The summed E-state index contributed by atoms with van der Waals surface area (Å²) in [6.45, 7) is 5.45. The lowest BCUT2D eigenvalue weighted by molar-refractivity contribution is -0.155. The number of nitrogens with one attached hydrogen (secondary N) is 1. The third-order valence-electron chi connectivity index (χ3n) is 4.44. The normalized spacial score (nSPS) is 21.6. The SMILES string of the molecule is Cc1cccc(O[C@H](C)C(=O)OCC(=O)N[C@H]2CCCC[C@@H]2C)c1. The van der Waals surface area contributed by atoms with Crippen molar-refractivity contribution in [2.24, 2.45) is 5.92 Å². The zero-order chi connectivity index (χ0) is 17.5. The molecule has 0 aromatic heterocycles. The smallest absolute Gasteiger partial charge is 0.347 e. The number of rotatable bonds is 6. The quantitative estimate of drug-likeness (QED) is 0.813. The number of benzene rings is 1.